The summed E-state index contributed by atoms with van der Waals surface area (Å²) in [5.41, 5.74) is 0. The van der Waals surface area contributed by atoms with Crippen LogP contribution in [0.5, 0.6) is 0 Å². The third-order valence-corrected chi connectivity index (χ3v) is 0.624. The average Bonchev–Trinajstić information content (AvgIpc) is 1.67. The zero-order valence-corrected chi connectivity index (χ0v) is 4.59. The number of hydrogen-bond donors (Lipinski definition) is 1. The van der Waals surface area contributed by atoms with Gasteiger partial charge in [-0.3, -0.25) is 9.80 Å². The maximum Gasteiger partial charge on any atom is 0.250 e. The number of hydrazine groups is 1. The molecule has 0 aromatic rings. The van der Waals surface area contributed by atoms with Gasteiger partial charge in [-0.05, 0) is 0 Å². The van der Waals surface area contributed by atoms with E-state index < -0.39 is 0 Å². The molecule has 0 aliphatic rings. The van der Waals surface area contributed by atoms with Crippen molar-refractivity contribution in [3.05, 3.63) is 0 Å². The summed E-state index contributed by atoms with van der Waals surface area (Å²) < 4.78 is 0. The maximum atomic E-state index is 10.3. The molecule has 1 amide bonds. The molecule has 0 radical (unpaired) electrons. The lowest BCUT2D eigenvalue weighted by atomic mass is 10.4. The monoisotopic (exact) mass is 113 g/mol. The summed E-state index contributed by atoms with van der Waals surface area (Å²) in [6.45, 7) is 0. The van der Waals surface area contributed by atoms with Crippen molar-refractivity contribution in [1.82, 2.24) is 5.01 Å². The summed E-state index contributed by atoms with van der Waals surface area (Å²) in [6, 6.07) is 1.68. The van der Waals surface area contributed by atoms with Crippen molar-refractivity contribution in [2.45, 2.75) is 6.42 Å². The van der Waals surface area contributed by atoms with Gasteiger partial charge in [0, 0.05) is 7.05 Å². The highest BCUT2D eigenvalue weighted by Crippen LogP contribution is 1.78. The van der Waals surface area contributed by atoms with Crippen LogP contribution >= 0.6 is 0 Å². The number of carbonyl (C=O) groups is 1. The van der Waals surface area contributed by atoms with Crippen LogP contribution in [-0.4, -0.2) is 18.0 Å². The Hall–Kier alpha value is -1.08. The average molecular weight is 113 g/mol. The van der Waals surface area contributed by atoms with E-state index in [1.165, 1.54) is 7.05 Å². The van der Waals surface area contributed by atoms with Gasteiger partial charge in [0.1, 0.15) is 6.42 Å². The zero-order valence-electron chi connectivity index (χ0n) is 4.59. The van der Waals surface area contributed by atoms with Gasteiger partial charge >= 0.3 is 0 Å². The van der Waals surface area contributed by atoms with Crippen molar-refractivity contribution in [1.29, 1.82) is 5.26 Å². The second kappa shape index (κ2) is 2.99. The molecule has 4 nitrogen and oxygen atoms in total. The van der Waals surface area contributed by atoms with Gasteiger partial charge in [0.15, 0.2) is 0 Å². The van der Waals surface area contributed by atoms with Crippen LogP contribution in [0.4, 0.5) is 0 Å². The van der Waals surface area contributed by atoms with Crippen LogP contribution in [0.3, 0.4) is 0 Å². The molecule has 0 saturated heterocycles. The van der Waals surface area contributed by atoms with E-state index in [-0.39, 0.29) is 12.3 Å². The maximum absolute atomic E-state index is 10.3. The highest BCUT2D eigenvalue weighted by Gasteiger charge is 2.00. The molecule has 2 N–H and O–H groups in total. The molecule has 4 heteroatoms. The van der Waals surface area contributed by atoms with E-state index >= 15 is 0 Å². The van der Waals surface area contributed by atoms with E-state index in [2.05, 4.69) is 0 Å². The fourth-order valence-electron chi connectivity index (χ4n) is 0.192. The lowest BCUT2D eigenvalue weighted by molar-refractivity contribution is -0.129. The predicted octanol–water partition coefficient (Wildman–Crippen LogP) is -0.768. The molecule has 0 saturated carbocycles. The quantitative estimate of drug-likeness (QED) is 0.276. The topological polar surface area (TPSA) is 70.1 Å². The van der Waals surface area contributed by atoms with E-state index in [9.17, 15) is 4.79 Å². The van der Waals surface area contributed by atoms with Crippen LogP contribution < -0.4 is 5.84 Å². The van der Waals surface area contributed by atoms with Crippen LogP contribution in [-0.2, 0) is 4.79 Å². The van der Waals surface area contributed by atoms with E-state index in [1.54, 1.807) is 6.07 Å². The third-order valence-electron chi connectivity index (χ3n) is 0.624. The highest BCUT2D eigenvalue weighted by molar-refractivity contribution is 5.77. The first-order chi connectivity index (χ1) is 3.68. The van der Waals surface area contributed by atoms with E-state index in [1.807, 2.05) is 0 Å². The molecule has 0 aliphatic carbocycles. The van der Waals surface area contributed by atoms with Gasteiger partial charge in [0.25, 0.3) is 0 Å². The Balaban J connectivity index is 3.53. The number of rotatable bonds is 1. The van der Waals surface area contributed by atoms with Crippen molar-refractivity contribution in [2.24, 2.45) is 5.84 Å². The molecule has 0 aromatic carbocycles. The molecule has 0 bridgehead atoms. The van der Waals surface area contributed by atoms with Gasteiger partial charge in [-0.2, -0.15) is 5.26 Å². The number of nitrogens with zero attached hydrogens (tertiary/aromatic N) is 2. The summed E-state index contributed by atoms with van der Waals surface area (Å²) in [7, 11) is 1.40. The Bertz CT molecular complexity index is 124. The Morgan fingerprint density at radius 2 is 2.50 bits per heavy atom. The summed E-state index contributed by atoms with van der Waals surface area (Å²) >= 11 is 0. The number of carbonyl (C=O) groups excluding carboxylic acids is 1. The molecule has 0 spiro atoms. The smallest absolute Gasteiger partial charge is 0.250 e. The van der Waals surface area contributed by atoms with Gasteiger partial charge < -0.3 is 0 Å². The Morgan fingerprint density at radius 1 is 2.00 bits per heavy atom. The van der Waals surface area contributed by atoms with Crippen LogP contribution in [0, 0.1) is 11.3 Å². The van der Waals surface area contributed by atoms with Crippen molar-refractivity contribution in [3.8, 4) is 6.07 Å². The van der Waals surface area contributed by atoms with Gasteiger partial charge in [0.2, 0.25) is 5.91 Å². The lowest BCUT2D eigenvalue weighted by Crippen LogP contribution is -2.32. The molecule has 0 unspecified atom stereocenters. The second-order valence-corrected chi connectivity index (χ2v) is 1.34. The van der Waals surface area contributed by atoms with Crippen LogP contribution in [0.2, 0.25) is 0 Å². The number of amides is 1. The molecular formula is C4H7N3O. The standard InChI is InChI=1S/C4H7N3O/c1-7(6)4(8)2-3-5/h2,6H2,1H3. The fourth-order valence-corrected chi connectivity index (χ4v) is 0.192. The molecule has 0 atom stereocenters. The molecule has 0 aliphatic heterocycles. The highest BCUT2D eigenvalue weighted by atomic mass is 16.2. The molecule has 0 rings (SSSR count). The SMILES string of the molecule is CN(N)C(=O)CC#N. The van der Waals surface area contributed by atoms with Gasteiger partial charge in [-0.1, -0.05) is 0 Å². The summed E-state index contributed by atoms with van der Waals surface area (Å²) in [5.74, 6) is 4.59. The number of nitriles is 1. The second-order valence-electron chi connectivity index (χ2n) is 1.34. The van der Waals surface area contributed by atoms with Crippen LogP contribution in [0.25, 0.3) is 0 Å². The van der Waals surface area contributed by atoms with Crippen molar-refractivity contribution in [2.75, 3.05) is 7.05 Å². The fraction of sp³-hybridized carbons (Fsp3) is 0.500. The third kappa shape index (κ3) is 2.16. The van der Waals surface area contributed by atoms with Crippen molar-refractivity contribution in [3.63, 3.8) is 0 Å². The first kappa shape index (κ1) is 6.92. The number of hydrogen-bond acceptors (Lipinski definition) is 3. The molecule has 0 aromatic heterocycles. The molecule has 0 heterocycles. The van der Waals surface area contributed by atoms with E-state index in [0.29, 0.717) is 0 Å². The molecular weight excluding hydrogens is 106 g/mol. The summed E-state index contributed by atoms with van der Waals surface area (Å²) in [5, 5.41) is 8.82. The molecule has 8 heavy (non-hydrogen) atoms. The van der Waals surface area contributed by atoms with Crippen molar-refractivity contribution < 1.29 is 4.79 Å². The number of nitrogens with two attached hydrogens (primary N) is 1. The Morgan fingerprint density at radius 3 is 2.62 bits per heavy atom. The lowest BCUT2D eigenvalue weighted by Gasteiger charge is -2.04. The first-order valence-corrected chi connectivity index (χ1v) is 2.06. The summed E-state index contributed by atoms with van der Waals surface area (Å²) in [6.07, 6.45) is -0.146. The summed E-state index contributed by atoms with van der Waals surface area (Å²) in [4.78, 5) is 10.3. The van der Waals surface area contributed by atoms with Gasteiger partial charge in [-0.15, -0.1) is 0 Å². The van der Waals surface area contributed by atoms with Gasteiger partial charge in [0.05, 0.1) is 6.07 Å². The van der Waals surface area contributed by atoms with Gasteiger partial charge in [-0.25, -0.2) is 5.84 Å². The Labute approximate surface area is 47.5 Å². The Kier molecular flexibility index (Phi) is 2.59. The van der Waals surface area contributed by atoms with E-state index in [0.717, 1.165) is 5.01 Å². The molecule has 44 valence electrons. The molecule has 0 fully saturated rings. The van der Waals surface area contributed by atoms with Crippen molar-refractivity contribution >= 4 is 5.91 Å². The first-order valence-electron chi connectivity index (χ1n) is 2.06. The normalized spacial score (nSPS) is 7.62. The van der Waals surface area contributed by atoms with E-state index in [4.69, 9.17) is 11.1 Å². The predicted molar refractivity (Wildman–Crippen MR) is 27.2 cm³/mol. The van der Waals surface area contributed by atoms with Crippen LogP contribution in [0.1, 0.15) is 6.42 Å². The minimum absolute atomic E-state index is 0.146. The minimum Gasteiger partial charge on any atom is -0.283 e. The zero-order chi connectivity index (χ0) is 6.57. The minimum atomic E-state index is -0.368. The van der Waals surface area contributed by atoms with Crippen LogP contribution in [0.15, 0.2) is 0 Å². The largest absolute Gasteiger partial charge is 0.283 e.